The molecule has 38 heavy (non-hydrogen) atoms. The van der Waals surface area contributed by atoms with Crippen LogP contribution in [-0.4, -0.2) is 13.8 Å². The largest absolute Gasteiger partial charge is 0.345 e. The summed E-state index contributed by atoms with van der Waals surface area (Å²) in [5, 5.41) is 2.64. The van der Waals surface area contributed by atoms with Crippen LogP contribution in [0.1, 0.15) is 11.1 Å². The number of anilines is 2. The summed E-state index contributed by atoms with van der Waals surface area (Å²) in [4.78, 5) is 6.56. The molecular formula is C35H28N2S. The predicted octanol–water partition coefficient (Wildman–Crippen LogP) is 9.77. The number of aliphatic imine (C=N–C) groups is 1. The minimum Gasteiger partial charge on any atom is -0.345 e. The molecule has 0 aliphatic carbocycles. The van der Waals surface area contributed by atoms with Crippen molar-refractivity contribution in [2.24, 2.45) is 4.99 Å². The molecule has 184 valence electrons. The number of nitrogens with zero attached hydrogens (tertiary/aromatic N) is 2. The zero-order chi connectivity index (χ0) is 25.9. The second-order valence-corrected chi connectivity index (χ2v) is 10.4. The third kappa shape index (κ3) is 4.53. The Bertz CT molecular complexity index is 1750. The van der Waals surface area contributed by atoms with Crippen LogP contribution in [0.3, 0.4) is 0 Å². The van der Waals surface area contributed by atoms with Crippen LogP contribution in [0, 0.1) is 0 Å². The van der Waals surface area contributed by atoms with Crippen molar-refractivity contribution in [1.82, 2.24) is 0 Å². The van der Waals surface area contributed by atoms with Gasteiger partial charge in [0.1, 0.15) is 0 Å². The summed E-state index contributed by atoms with van der Waals surface area (Å²) in [5.74, 6) is 0. The van der Waals surface area contributed by atoms with E-state index in [4.69, 9.17) is 0 Å². The molecule has 0 unspecified atom stereocenters. The van der Waals surface area contributed by atoms with Gasteiger partial charge in [-0.05, 0) is 71.8 Å². The molecular weight excluding hydrogens is 480 g/mol. The van der Waals surface area contributed by atoms with E-state index in [0.29, 0.717) is 0 Å². The summed E-state index contributed by atoms with van der Waals surface area (Å²) in [7, 11) is 2.11. The minimum atomic E-state index is 0.768. The van der Waals surface area contributed by atoms with Gasteiger partial charge in [0.2, 0.25) is 0 Å². The van der Waals surface area contributed by atoms with Gasteiger partial charge in [0.15, 0.2) is 0 Å². The number of rotatable bonds is 7. The first-order chi connectivity index (χ1) is 18.7. The molecule has 0 saturated heterocycles. The fourth-order valence-corrected chi connectivity index (χ4v) is 6.21. The molecule has 2 nitrogen and oxygen atoms in total. The Balaban J connectivity index is 1.47. The van der Waals surface area contributed by atoms with Crippen molar-refractivity contribution in [3.8, 4) is 11.1 Å². The first-order valence-corrected chi connectivity index (χ1v) is 13.6. The summed E-state index contributed by atoms with van der Waals surface area (Å²) < 4.78 is 2.62. The van der Waals surface area contributed by atoms with Gasteiger partial charge in [-0.25, -0.2) is 0 Å². The van der Waals surface area contributed by atoms with E-state index >= 15 is 0 Å². The molecule has 0 saturated carbocycles. The molecule has 1 aromatic heterocycles. The van der Waals surface area contributed by atoms with E-state index in [1.165, 1.54) is 42.6 Å². The van der Waals surface area contributed by atoms with Gasteiger partial charge in [-0.15, -0.1) is 11.3 Å². The normalized spacial score (nSPS) is 11.7. The van der Waals surface area contributed by atoms with Crippen molar-refractivity contribution in [2.75, 3.05) is 11.9 Å². The maximum Gasteiger partial charge on any atom is 0.0658 e. The lowest BCUT2D eigenvalue weighted by molar-refractivity contribution is 1.21. The standard InChI is InChI=1S/C35H28N2S/c1-36-31(25-11-5-3-6-12-25)23-19-27-20-24-33-35(30-15-9-10-16-32(30)38-33)34(27)26-17-21-29(22-18-26)37(2)28-13-7-4-8-14-28/h3-18,20-24H,1,19H2,2H3/b31-23-. The molecule has 3 heteroatoms. The Morgan fingerprint density at radius 2 is 1.39 bits per heavy atom. The first-order valence-electron chi connectivity index (χ1n) is 12.8. The molecule has 0 fully saturated rings. The van der Waals surface area contributed by atoms with Crippen molar-refractivity contribution in [3.63, 3.8) is 0 Å². The number of allylic oxidation sites excluding steroid dienone is 1. The summed E-state index contributed by atoms with van der Waals surface area (Å²) >= 11 is 1.86. The van der Waals surface area contributed by atoms with Gasteiger partial charge in [0, 0.05) is 38.6 Å². The molecule has 1 heterocycles. The average molecular weight is 509 g/mol. The summed E-state index contributed by atoms with van der Waals surface area (Å²) in [5.41, 5.74) is 8.11. The van der Waals surface area contributed by atoms with Crippen LogP contribution in [0.25, 0.3) is 37.0 Å². The van der Waals surface area contributed by atoms with Crippen molar-refractivity contribution >= 4 is 55.3 Å². The average Bonchev–Trinajstić information content (AvgIpc) is 3.37. The van der Waals surface area contributed by atoms with E-state index in [9.17, 15) is 0 Å². The van der Waals surface area contributed by atoms with Gasteiger partial charge in [-0.3, -0.25) is 4.99 Å². The number of hydrogen-bond donors (Lipinski definition) is 0. The zero-order valence-corrected chi connectivity index (χ0v) is 22.2. The minimum absolute atomic E-state index is 0.768. The number of thiophene rings is 1. The number of para-hydroxylation sites is 1. The fraction of sp³-hybridized carbons (Fsp3) is 0.0571. The van der Waals surface area contributed by atoms with Crippen LogP contribution in [0.4, 0.5) is 11.4 Å². The third-order valence-electron chi connectivity index (χ3n) is 7.07. The molecule has 0 N–H and O–H groups in total. The highest BCUT2D eigenvalue weighted by Gasteiger charge is 2.15. The van der Waals surface area contributed by atoms with E-state index in [1.807, 2.05) is 35.6 Å². The van der Waals surface area contributed by atoms with Crippen molar-refractivity contribution in [1.29, 1.82) is 0 Å². The quantitative estimate of drug-likeness (QED) is 0.196. The number of benzene rings is 5. The lowest BCUT2D eigenvalue weighted by atomic mass is 9.92. The Labute approximate surface area is 227 Å². The Hall–Kier alpha value is -4.47. The SMILES string of the molecule is C=N/C(=C\Cc1ccc2sc3ccccc3c2c1-c1ccc(N(C)c2ccccc2)cc1)c1ccccc1. The summed E-state index contributed by atoms with van der Waals surface area (Å²) in [6.07, 6.45) is 2.96. The lowest BCUT2D eigenvalue weighted by Crippen LogP contribution is -2.08. The summed E-state index contributed by atoms with van der Waals surface area (Å²) in [6.45, 7) is 3.84. The Morgan fingerprint density at radius 1 is 0.737 bits per heavy atom. The van der Waals surface area contributed by atoms with Crippen LogP contribution in [0.2, 0.25) is 0 Å². The van der Waals surface area contributed by atoms with Crippen molar-refractivity contribution in [3.05, 3.63) is 139 Å². The van der Waals surface area contributed by atoms with Crippen molar-refractivity contribution < 1.29 is 0 Å². The highest BCUT2D eigenvalue weighted by Crippen LogP contribution is 2.42. The maximum atomic E-state index is 4.35. The van der Waals surface area contributed by atoms with Gasteiger partial charge >= 0.3 is 0 Å². The molecule has 0 aliphatic rings. The highest BCUT2D eigenvalue weighted by molar-refractivity contribution is 7.25. The zero-order valence-electron chi connectivity index (χ0n) is 21.3. The molecule has 0 radical (unpaired) electrons. The number of hydrogen-bond acceptors (Lipinski definition) is 3. The predicted molar refractivity (Wildman–Crippen MR) is 167 cm³/mol. The highest BCUT2D eigenvalue weighted by atomic mass is 32.1. The molecule has 0 aliphatic heterocycles. The molecule has 0 spiro atoms. The van der Waals surface area contributed by atoms with Crippen molar-refractivity contribution in [2.45, 2.75) is 6.42 Å². The molecule has 6 aromatic rings. The van der Waals surface area contributed by atoms with E-state index in [1.54, 1.807) is 0 Å². The maximum absolute atomic E-state index is 4.35. The third-order valence-corrected chi connectivity index (χ3v) is 8.21. The second kappa shape index (κ2) is 10.5. The molecule has 6 rings (SSSR count). The van der Waals surface area contributed by atoms with E-state index in [0.717, 1.165) is 23.4 Å². The van der Waals surface area contributed by atoms with E-state index < -0.39 is 0 Å². The smallest absolute Gasteiger partial charge is 0.0658 e. The van der Waals surface area contributed by atoms with Crippen LogP contribution in [-0.2, 0) is 6.42 Å². The van der Waals surface area contributed by atoms with Gasteiger partial charge in [-0.2, -0.15) is 0 Å². The van der Waals surface area contributed by atoms with Gasteiger partial charge in [0.25, 0.3) is 0 Å². The molecule has 5 aromatic carbocycles. The number of fused-ring (bicyclic) bond motifs is 3. The topological polar surface area (TPSA) is 15.6 Å². The molecule has 0 bridgehead atoms. The fourth-order valence-electron chi connectivity index (χ4n) is 5.10. The lowest BCUT2D eigenvalue weighted by Gasteiger charge is -2.20. The van der Waals surface area contributed by atoms with Gasteiger partial charge in [0.05, 0.1) is 5.70 Å². The Morgan fingerprint density at radius 3 is 2.13 bits per heavy atom. The van der Waals surface area contributed by atoms with Gasteiger partial charge in [-0.1, -0.05) is 91.0 Å². The van der Waals surface area contributed by atoms with Gasteiger partial charge < -0.3 is 4.90 Å². The summed E-state index contributed by atoms with van der Waals surface area (Å²) in [6, 6.07) is 43.0. The van der Waals surface area contributed by atoms with Crippen LogP contribution < -0.4 is 4.90 Å². The van der Waals surface area contributed by atoms with Crippen LogP contribution in [0.15, 0.2) is 132 Å². The monoisotopic (exact) mass is 508 g/mol. The van der Waals surface area contributed by atoms with Crippen LogP contribution >= 0.6 is 11.3 Å². The van der Waals surface area contributed by atoms with E-state index in [2.05, 4.69) is 127 Å². The second-order valence-electron chi connectivity index (χ2n) is 9.33. The first kappa shape index (κ1) is 23.9. The molecule has 0 amide bonds. The Kier molecular flexibility index (Phi) is 6.60. The molecule has 0 atom stereocenters. The van der Waals surface area contributed by atoms with Crippen LogP contribution in [0.5, 0.6) is 0 Å². The van der Waals surface area contributed by atoms with E-state index in [-0.39, 0.29) is 0 Å².